The highest BCUT2D eigenvalue weighted by Crippen LogP contribution is 2.54. The maximum Gasteiger partial charge on any atom is 0.297 e. The molecule has 0 bridgehead atoms. The van der Waals surface area contributed by atoms with E-state index in [1.165, 1.54) is 21.1 Å². The molecule has 2 aliphatic heterocycles. The molecule has 4 aromatic rings. The van der Waals surface area contributed by atoms with Crippen LogP contribution in [0.5, 0.6) is 0 Å². The molecule has 34 heavy (non-hydrogen) atoms. The molecule has 0 aliphatic carbocycles. The van der Waals surface area contributed by atoms with Crippen molar-refractivity contribution in [3.05, 3.63) is 80.1 Å². The van der Waals surface area contributed by atoms with Gasteiger partial charge in [-0.25, -0.2) is 0 Å². The number of amides is 2. The first-order chi connectivity index (χ1) is 16.3. The largest absolute Gasteiger partial charge is 0.450 e. The van der Waals surface area contributed by atoms with Crippen LogP contribution in [-0.2, 0) is 10.3 Å². The lowest BCUT2D eigenvalue weighted by Crippen LogP contribution is -2.53. The van der Waals surface area contributed by atoms with Crippen LogP contribution in [0, 0.1) is 6.92 Å². The van der Waals surface area contributed by atoms with E-state index in [2.05, 4.69) is 10.2 Å². The first-order valence-electron chi connectivity index (χ1n) is 10.9. The number of anilines is 2. The fourth-order valence-corrected chi connectivity index (χ4v) is 5.83. The van der Waals surface area contributed by atoms with Crippen molar-refractivity contribution < 1.29 is 14.0 Å². The molecule has 0 saturated carbocycles. The van der Waals surface area contributed by atoms with Crippen LogP contribution in [-0.4, -0.2) is 29.1 Å². The average Bonchev–Trinajstić information content (AvgIpc) is 3.46. The third-order valence-electron chi connectivity index (χ3n) is 6.52. The van der Waals surface area contributed by atoms with Crippen molar-refractivity contribution in [1.29, 1.82) is 0 Å². The van der Waals surface area contributed by atoms with E-state index in [9.17, 15) is 14.4 Å². The van der Waals surface area contributed by atoms with Crippen LogP contribution in [0.4, 0.5) is 10.8 Å². The third kappa shape index (κ3) is 2.39. The lowest BCUT2D eigenvalue weighted by molar-refractivity contribution is -0.121. The molecule has 9 heteroatoms. The Morgan fingerprint density at radius 3 is 2.56 bits per heavy atom. The zero-order valence-electron chi connectivity index (χ0n) is 18.9. The first-order valence-corrected chi connectivity index (χ1v) is 11.7. The molecule has 4 heterocycles. The predicted molar refractivity (Wildman–Crippen MR) is 129 cm³/mol. The SMILES string of the molecule is Cc1ccc2oc3c(c(=O)c2c1)C1(C(=O)N(C)c2ccccc21)N(c1nnc(C(C)C)s1)C3=O. The molecule has 2 aromatic heterocycles. The highest BCUT2D eigenvalue weighted by atomic mass is 32.1. The highest BCUT2D eigenvalue weighted by molar-refractivity contribution is 7.15. The Morgan fingerprint density at radius 2 is 1.82 bits per heavy atom. The Bertz CT molecular complexity index is 1600. The summed E-state index contributed by atoms with van der Waals surface area (Å²) >= 11 is 1.23. The molecule has 0 radical (unpaired) electrons. The molecule has 6 rings (SSSR count). The van der Waals surface area contributed by atoms with Crippen LogP contribution in [0.15, 0.2) is 51.7 Å². The van der Waals surface area contributed by atoms with E-state index < -0.39 is 22.8 Å². The Hall–Kier alpha value is -3.85. The van der Waals surface area contributed by atoms with Crippen molar-refractivity contribution in [1.82, 2.24) is 10.2 Å². The minimum absolute atomic E-state index is 0.0266. The molecule has 0 saturated heterocycles. The summed E-state index contributed by atoms with van der Waals surface area (Å²) in [7, 11) is 1.64. The number of nitrogens with zero attached hydrogens (tertiary/aromatic N) is 4. The number of aromatic nitrogens is 2. The van der Waals surface area contributed by atoms with Crippen LogP contribution < -0.4 is 15.2 Å². The number of para-hydroxylation sites is 1. The Morgan fingerprint density at radius 1 is 1.06 bits per heavy atom. The molecule has 8 nitrogen and oxygen atoms in total. The molecular weight excluding hydrogens is 452 g/mol. The zero-order chi connectivity index (χ0) is 23.9. The van der Waals surface area contributed by atoms with Crippen molar-refractivity contribution in [2.45, 2.75) is 32.2 Å². The second-order valence-electron chi connectivity index (χ2n) is 8.94. The van der Waals surface area contributed by atoms with Crippen LogP contribution in [0.3, 0.4) is 0 Å². The van der Waals surface area contributed by atoms with Crippen LogP contribution in [0.1, 0.15) is 52.0 Å². The predicted octanol–water partition coefficient (Wildman–Crippen LogP) is 3.96. The van der Waals surface area contributed by atoms with Gasteiger partial charge >= 0.3 is 0 Å². The summed E-state index contributed by atoms with van der Waals surface area (Å²) in [6.07, 6.45) is 0. The van der Waals surface area contributed by atoms with Gasteiger partial charge in [0.25, 0.3) is 11.8 Å². The van der Waals surface area contributed by atoms with Crippen molar-refractivity contribution in [3.8, 4) is 0 Å². The molecule has 1 spiro atoms. The van der Waals surface area contributed by atoms with Crippen molar-refractivity contribution in [2.24, 2.45) is 0 Å². The minimum Gasteiger partial charge on any atom is -0.450 e. The Balaban J connectivity index is 1.77. The lowest BCUT2D eigenvalue weighted by atomic mass is 9.84. The normalized spacial score (nSPS) is 19.1. The summed E-state index contributed by atoms with van der Waals surface area (Å²) in [4.78, 5) is 44.8. The van der Waals surface area contributed by atoms with Gasteiger partial charge in [0, 0.05) is 24.2 Å². The van der Waals surface area contributed by atoms with Gasteiger partial charge in [0.2, 0.25) is 10.9 Å². The molecule has 2 amide bonds. The summed E-state index contributed by atoms with van der Waals surface area (Å²) < 4.78 is 6.04. The Kier molecular flexibility index (Phi) is 4.17. The van der Waals surface area contributed by atoms with E-state index in [-0.39, 0.29) is 22.4 Å². The second kappa shape index (κ2) is 6.83. The zero-order valence-corrected chi connectivity index (χ0v) is 19.8. The van der Waals surface area contributed by atoms with Crippen LogP contribution in [0.2, 0.25) is 0 Å². The second-order valence-corrected chi connectivity index (χ2v) is 9.93. The number of aryl methyl sites for hydroxylation is 1. The standard InChI is InChI=1S/C25H20N4O4S/c1-12(2)21-26-27-24(34-21)29-22(31)20-18(19(30)14-11-13(3)9-10-17(14)33-20)25(29)15-7-5-6-8-16(15)28(4)23(25)32/h5-12H,1-4H3. The summed E-state index contributed by atoms with van der Waals surface area (Å²) in [5, 5.41) is 9.82. The molecule has 2 aliphatic rings. The van der Waals surface area contributed by atoms with E-state index in [1.54, 1.807) is 37.4 Å². The van der Waals surface area contributed by atoms with Gasteiger partial charge in [0.05, 0.1) is 10.9 Å². The van der Waals surface area contributed by atoms with E-state index >= 15 is 0 Å². The number of carbonyl (C=O) groups is 2. The molecule has 170 valence electrons. The molecule has 1 atom stereocenters. The number of benzene rings is 2. The maximum absolute atomic E-state index is 14.1. The monoisotopic (exact) mass is 472 g/mol. The summed E-state index contributed by atoms with van der Waals surface area (Å²) in [5.41, 5.74) is 0.236. The first kappa shape index (κ1) is 20.7. The third-order valence-corrected chi connectivity index (χ3v) is 7.73. The van der Waals surface area contributed by atoms with Crippen LogP contribution in [0.25, 0.3) is 11.0 Å². The van der Waals surface area contributed by atoms with E-state index in [1.807, 2.05) is 32.9 Å². The van der Waals surface area contributed by atoms with Crippen molar-refractivity contribution in [2.75, 3.05) is 16.8 Å². The van der Waals surface area contributed by atoms with Gasteiger partial charge in [-0.05, 0) is 25.1 Å². The van der Waals surface area contributed by atoms with Crippen molar-refractivity contribution in [3.63, 3.8) is 0 Å². The minimum atomic E-state index is -1.72. The summed E-state index contributed by atoms with van der Waals surface area (Å²) in [5.74, 6) is -1.05. The number of fused-ring (bicyclic) bond motifs is 5. The maximum atomic E-state index is 14.1. The number of carbonyl (C=O) groups excluding carboxylic acids is 2. The smallest absolute Gasteiger partial charge is 0.297 e. The number of hydrogen-bond donors (Lipinski definition) is 0. The van der Waals surface area contributed by atoms with Crippen LogP contribution >= 0.6 is 11.3 Å². The van der Waals surface area contributed by atoms with E-state index in [0.29, 0.717) is 22.2 Å². The highest BCUT2D eigenvalue weighted by Gasteiger charge is 2.66. The topological polar surface area (TPSA) is 96.6 Å². The van der Waals surface area contributed by atoms with Gasteiger partial charge in [-0.1, -0.05) is 55.0 Å². The van der Waals surface area contributed by atoms with Gasteiger partial charge in [-0.15, -0.1) is 10.2 Å². The van der Waals surface area contributed by atoms with Gasteiger partial charge in [0.15, 0.2) is 11.0 Å². The summed E-state index contributed by atoms with van der Waals surface area (Å²) in [6.45, 7) is 5.83. The lowest BCUT2D eigenvalue weighted by Gasteiger charge is -2.31. The Labute approximate surface area is 198 Å². The quantitative estimate of drug-likeness (QED) is 0.438. The average molecular weight is 473 g/mol. The molecule has 1 unspecified atom stereocenters. The van der Waals surface area contributed by atoms with Gasteiger partial charge < -0.3 is 9.32 Å². The van der Waals surface area contributed by atoms with E-state index in [4.69, 9.17) is 4.42 Å². The number of rotatable bonds is 2. The van der Waals surface area contributed by atoms with Gasteiger partial charge in [-0.2, -0.15) is 0 Å². The number of hydrogen-bond acceptors (Lipinski definition) is 7. The number of likely N-dealkylation sites (N-methyl/N-ethyl adjacent to an activating group) is 1. The fraction of sp³-hybridized carbons (Fsp3) is 0.240. The molecule has 2 aromatic carbocycles. The molecule has 0 N–H and O–H groups in total. The molecule has 0 fully saturated rings. The van der Waals surface area contributed by atoms with E-state index in [0.717, 1.165) is 10.6 Å². The van der Waals surface area contributed by atoms with Crippen molar-refractivity contribution >= 4 is 44.9 Å². The molecular formula is C25H20N4O4S. The fourth-order valence-electron chi connectivity index (χ4n) is 4.93. The summed E-state index contributed by atoms with van der Waals surface area (Å²) in [6, 6.07) is 12.4. The van der Waals surface area contributed by atoms with Gasteiger partial charge in [0.1, 0.15) is 10.6 Å². The van der Waals surface area contributed by atoms with Gasteiger partial charge in [-0.3, -0.25) is 19.3 Å².